The lowest BCUT2D eigenvalue weighted by Crippen LogP contribution is -2.39. The van der Waals surface area contributed by atoms with Crippen molar-refractivity contribution in [2.24, 2.45) is 0 Å². The van der Waals surface area contributed by atoms with E-state index in [1.807, 2.05) is 12.1 Å². The number of nitrogens with zero attached hydrogens (tertiary/aromatic N) is 3. The van der Waals surface area contributed by atoms with Gasteiger partial charge in [0.25, 0.3) is 5.91 Å². The van der Waals surface area contributed by atoms with Gasteiger partial charge in [-0.25, -0.2) is 0 Å². The maximum absolute atomic E-state index is 12.8. The van der Waals surface area contributed by atoms with Gasteiger partial charge in [0.15, 0.2) is 0 Å². The molecule has 1 fully saturated rings. The van der Waals surface area contributed by atoms with Crippen molar-refractivity contribution in [1.29, 1.82) is 0 Å². The van der Waals surface area contributed by atoms with E-state index in [9.17, 15) is 18.0 Å². The first kappa shape index (κ1) is 20.6. The highest BCUT2D eigenvalue weighted by molar-refractivity contribution is 9.10. The van der Waals surface area contributed by atoms with E-state index >= 15 is 0 Å². The number of likely N-dealkylation sites (tertiary alicyclic amines) is 1. The fourth-order valence-corrected chi connectivity index (χ4v) is 3.88. The van der Waals surface area contributed by atoms with E-state index in [0.29, 0.717) is 30.1 Å². The predicted molar refractivity (Wildman–Crippen MR) is 107 cm³/mol. The molecule has 1 amide bonds. The maximum atomic E-state index is 12.8. The van der Waals surface area contributed by atoms with E-state index in [0.717, 1.165) is 29.4 Å². The van der Waals surface area contributed by atoms with Crippen LogP contribution in [0.3, 0.4) is 0 Å². The van der Waals surface area contributed by atoms with Crippen molar-refractivity contribution >= 4 is 21.8 Å². The zero-order chi connectivity index (χ0) is 21.3. The topological polar surface area (TPSA) is 59.2 Å². The van der Waals surface area contributed by atoms with E-state index in [4.69, 9.17) is 4.42 Å². The number of carbonyl (C=O) groups excluding carboxylic acids is 1. The lowest BCUT2D eigenvalue weighted by molar-refractivity contribution is -0.137. The normalized spacial score (nSPS) is 17.2. The molecular weight excluding hydrogens is 463 g/mol. The van der Waals surface area contributed by atoms with Crippen molar-refractivity contribution in [1.82, 2.24) is 15.1 Å². The second-order valence-corrected chi connectivity index (χ2v) is 8.04. The van der Waals surface area contributed by atoms with Gasteiger partial charge < -0.3 is 9.32 Å². The highest BCUT2D eigenvalue weighted by Gasteiger charge is 2.31. The summed E-state index contributed by atoms with van der Waals surface area (Å²) in [6, 6.07) is 11.8. The van der Waals surface area contributed by atoms with Gasteiger partial charge in [-0.1, -0.05) is 22.0 Å². The highest BCUT2D eigenvalue weighted by Crippen LogP contribution is 2.32. The molecule has 0 radical (unpaired) electrons. The minimum absolute atomic E-state index is 0.0662. The molecule has 4 rings (SSSR count). The molecule has 0 aliphatic carbocycles. The summed E-state index contributed by atoms with van der Waals surface area (Å²) in [5.74, 6) is 0.361. The molecule has 0 bridgehead atoms. The molecule has 30 heavy (non-hydrogen) atoms. The van der Waals surface area contributed by atoms with E-state index < -0.39 is 11.7 Å². The van der Waals surface area contributed by atoms with E-state index in [-0.39, 0.29) is 17.7 Å². The van der Waals surface area contributed by atoms with Gasteiger partial charge >= 0.3 is 6.18 Å². The SMILES string of the molecule is O=C(c1cccc(Br)c1)N1CCCC(c2nnc(-c3ccc(C(F)(F)F)cc3)o2)C1. The molecule has 1 aliphatic heterocycles. The molecule has 156 valence electrons. The van der Waals surface area contributed by atoms with Crippen LogP contribution in [-0.2, 0) is 6.18 Å². The number of piperidine rings is 1. The van der Waals surface area contributed by atoms with Gasteiger partial charge in [0.1, 0.15) is 0 Å². The molecule has 1 atom stereocenters. The van der Waals surface area contributed by atoms with Gasteiger partial charge in [0, 0.05) is 28.7 Å². The third kappa shape index (κ3) is 4.40. The summed E-state index contributed by atoms with van der Waals surface area (Å²) in [6.07, 6.45) is -2.82. The van der Waals surface area contributed by atoms with Crippen LogP contribution in [0.1, 0.15) is 40.6 Å². The Morgan fingerprint density at radius 3 is 2.60 bits per heavy atom. The number of hydrogen-bond donors (Lipinski definition) is 0. The van der Waals surface area contributed by atoms with Crippen molar-refractivity contribution in [2.75, 3.05) is 13.1 Å². The molecule has 2 heterocycles. The number of aromatic nitrogens is 2. The molecule has 0 spiro atoms. The molecule has 9 heteroatoms. The smallest absolute Gasteiger partial charge is 0.416 e. The summed E-state index contributed by atoms with van der Waals surface area (Å²) in [4.78, 5) is 14.6. The van der Waals surface area contributed by atoms with E-state index in [1.54, 1.807) is 17.0 Å². The van der Waals surface area contributed by atoms with Crippen LogP contribution in [0.15, 0.2) is 57.4 Å². The molecule has 1 aliphatic rings. The van der Waals surface area contributed by atoms with Gasteiger partial charge in [-0.05, 0) is 55.3 Å². The van der Waals surface area contributed by atoms with Crippen LogP contribution in [-0.4, -0.2) is 34.1 Å². The highest BCUT2D eigenvalue weighted by atomic mass is 79.9. The number of alkyl halides is 3. The second-order valence-electron chi connectivity index (χ2n) is 7.12. The van der Waals surface area contributed by atoms with E-state index in [2.05, 4.69) is 26.1 Å². The van der Waals surface area contributed by atoms with Gasteiger partial charge in [-0.2, -0.15) is 13.2 Å². The first-order valence-electron chi connectivity index (χ1n) is 9.37. The van der Waals surface area contributed by atoms with Crippen LogP contribution in [0.25, 0.3) is 11.5 Å². The van der Waals surface area contributed by atoms with Crippen molar-refractivity contribution in [3.8, 4) is 11.5 Å². The van der Waals surface area contributed by atoms with Crippen LogP contribution in [0.4, 0.5) is 13.2 Å². The molecule has 2 aromatic carbocycles. The Kier molecular flexibility index (Phi) is 5.64. The standard InChI is InChI=1S/C21H17BrF3N3O2/c22-17-5-1-3-14(11-17)20(29)28-10-2-4-15(12-28)19-27-26-18(30-19)13-6-8-16(9-7-13)21(23,24)25/h1,3,5-9,11,15H,2,4,10,12H2. The van der Waals surface area contributed by atoms with Crippen LogP contribution >= 0.6 is 15.9 Å². The van der Waals surface area contributed by atoms with Crippen LogP contribution in [0.2, 0.25) is 0 Å². The first-order chi connectivity index (χ1) is 14.3. The number of rotatable bonds is 3. The summed E-state index contributed by atoms with van der Waals surface area (Å²) in [5, 5.41) is 8.07. The average molecular weight is 480 g/mol. The molecule has 0 saturated carbocycles. The average Bonchev–Trinajstić information content (AvgIpc) is 3.23. The van der Waals surface area contributed by atoms with Crippen molar-refractivity contribution < 1.29 is 22.4 Å². The first-order valence-corrected chi connectivity index (χ1v) is 10.2. The number of halogens is 4. The fraction of sp³-hybridized carbons (Fsp3) is 0.286. The zero-order valence-electron chi connectivity index (χ0n) is 15.7. The third-order valence-electron chi connectivity index (χ3n) is 5.03. The summed E-state index contributed by atoms with van der Waals surface area (Å²) in [7, 11) is 0. The lowest BCUT2D eigenvalue weighted by Gasteiger charge is -2.31. The lowest BCUT2D eigenvalue weighted by atomic mass is 9.97. The molecule has 0 N–H and O–H groups in total. The Hall–Kier alpha value is -2.68. The summed E-state index contributed by atoms with van der Waals surface area (Å²) < 4.78 is 44.8. The molecular formula is C21H17BrF3N3O2. The fourth-order valence-electron chi connectivity index (χ4n) is 3.49. The molecule has 1 aromatic heterocycles. The van der Waals surface area contributed by atoms with Gasteiger partial charge in [0.05, 0.1) is 11.5 Å². The Labute approximate surface area is 179 Å². The molecule has 5 nitrogen and oxygen atoms in total. The zero-order valence-corrected chi connectivity index (χ0v) is 17.3. The van der Waals surface area contributed by atoms with Crippen molar-refractivity contribution in [3.63, 3.8) is 0 Å². The minimum Gasteiger partial charge on any atom is -0.420 e. The van der Waals surface area contributed by atoms with Gasteiger partial charge in [0.2, 0.25) is 11.8 Å². The molecule has 3 aromatic rings. The Morgan fingerprint density at radius 1 is 1.13 bits per heavy atom. The quantitative estimate of drug-likeness (QED) is 0.494. The van der Waals surface area contributed by atoms with Crippen LogP contribution < -0.4 is 0 Å². The maximum Gasteiger partial charge on any atom is 0.416 e. The Bertz CT molecular complexity index is 1050. The van der Waals surface area contributed by atoms with Crippen LogP contribution in [0.5, 0.6) is 0 Å². The number of amides is 1. The second kappa shape index (κ2) is 8.22. The largest absolute Gasteiger partial charge is 0.420 e. The minimum atomic E-state index is -4.40. The number of benzene rings is 2. The summed E-state index contributed by atoms with van der Waals surface area (Å²) >= 11 is 3.38. The van der Waals surface area contributed by atoms with Crippen molar-refractivity contribution in [2.45, 2.75) is 24.9 Å². The summed E-state index contributed by atoms with van der Waals surface area (Å²) in [5.41, 5.74) is 0.278. The molecule has 1 unspecified atom stereocenters. The number of carbonyl (C=O) groups is 1. The van der Waals surface area contributed by atoms with Gasteiger partial charge in [-0.3, -0.25) is 4.79 Å². The van der Waals surface area contributed by atoms with Crippen molar-refractivity contribution in [3.05, 3.63) is 70.0 Å². The molecule has 1 saturated heterocycles. The Balaban J connectivity index is 1.48. The van der Waals surface area contributed by atoms with Gasteiger partial charge in [-0.15, -0.1) is 10.2 Å². The summed E-state index contributed by atoms with van der Waals surface area (Å²) in [6.45, 7) is 1.09. The van der Waals surface area contributed by atoms with E-state index in [1.165, 1.54) is 12.1 Å². The Morgan fingerprint density at radius 2 is 1.90 bits per heavy atom. The number of hydrogen-bond acceptors (Lipinski definition) is 4. The van der Waals surface area contributed by atoms with Crippen LogP contribution in [0, 0.1) is 0 Å². The predicted octanol–water partition coefficient (Wildman–Crippen LogP) is 5.54. The third-order valence-corrected chi connectivity index (χ3v) is 5.52. The monoisotopic (exact) mass is 479 g/mol.